The van der Waals surface area contributed by atoms with Gasteiger partial charge in [-0.2, -0.15) is 16.9 Å². The van der Waals surface area contributed by atoms with Gasteiger partial charge in [0.05, 0.1) is 11.7 Å². The van der Waals surface area contributed by atoms with Crippen molar-refractivity contribution in [3.63, 3.8) is 0 Å². The molecule has 100 valence electrons. The minimum Gasteiger partial charge on any atom is -0.316 e. The number of aryl methyl sites for hydroxylation is 1. The van der Waals surface area contributed by atoms with Gasteiger partial charge in [-0.1, -0.05) is 0 Å². The van der Waals surface area contributed by atoms with Crippen molar-refractivity contribution in [3.05, 3.63) is 17.0 Å². The van der Waals surface area contributed by atoms with Crippen molar-refractivity contribution in [3.8, 4) is 0 Å². The molecule has 1 aromatic heterocycles. The fraction of sp³-hybridized carbons (Fsp3) is 0.786. The van der Waals surface area contributed by atoms with Gasteiger partial charge in [-0.15, -0.1) is 0 Å². The van der Waals surface area contributed by atoms with E-state index in [0.717, 1.165) is 13.1 Å². The van der Waals surface area contributed by atoms with Crippen molar-refractivity contribution >= 4 is 11.8 Å². The zero-order valence-corrected chi connectivity index (χ0v) is 12.2. The lowest BCUT2D eigenvalue weighted by Gasteiger charge is -2.23. The molecular weight excluding hydrogens is 242 g/mol. The second-order valence-corrected chi connectivity index (χ2v) is 6.79. The maximum atomic E-state index is 4.86. The first-order chi connectivity index (χ1) is 8.77. The minimum absolute atomic E-state index is 0.646. The summed E-state index contributed by atoms with van der Waals surface area (Å²) in [5, 5.41) is 8.33. The fourth-order valence-electron chi connectivity index (χ4n) is 3.45. The summed E-state index contributed by atoms with van der Waals surface area (Å²) in [4.78, 5) is 0. The Morgan fingerprint density at radius 2 is 2.00 bits per heavy atom. The Balaban J connectivity index is 1.89. The summed E-state index contributed by atoms with van der Waals surface area (Å²) in [6, 6.07) is 0.646. The maximum Gasteiger partial charge on any atom is 0.0631 e. The van der Waals surface area contributed by atoms with E-state index in [1.165, 1.54) is 47.7 Å². The van der Waals surface area contributed by atoms with Crippen molar-refractivity contribution < 1.29 is 0 Å². The normalized spacial score (nSPS) is 25.8. The summed E-state index contributed by atoms with van der Waals surface area (Å²) in [7, 11) is 0. The van der Waals surface area contributed by atoms with Gasteiger partial charge in [-0.3, -0.25) is 4.68 Å². The van der Waals surface area contributed by atoms with E-state index >= 15 is 0 Å². The summed E-state index contributed by atoms with van der Waals surface area (Å²) >= 11 is 2.08. The molecule has 1 aromatic rings. The predicted molar refractivity (Wildman–Crippen MR) is 77.5 cm³/mol. The molecule has 1 N–H and O–H groups in total. The van der Waals surface area contributed by atoms with Gasteiger partial charge in [0.1, 0.15) is 0 Å². The molecule has 0 saturated carbocycles. The SMILES string of the molecule is Cc1nn(C2CCSCC2)c(C)c1C1CCNC1. The van der Waals surface area contributed by atoms with Gasteiger partial charge in [0.25, 0.3) is 0 Å². The second kappa shape index (κ2) is 5.25. The molecule has 0 spiro atoms. The molecule has 2 aliphatic rings. The highest BCUT2D eigenvalue weighted by Crippen LogP contribution is 2.33. The molecule has 0 bridgehead atoms. The molecule has 3 rings (SSSR count). The summed E-state index contributed by atoms with van der Waals surface area (Å²) in [5.74, 6) is 3.28. The second-order valence-electron chi connectivity index (χ2n) is 5.56. The van der Waals surface area contributed by atoms with E-state index in [1.807, 2.05) is 0 Å². The lowest BCUT2D eigenvalue weighted by atomic mass is 9.96. The zero-order chi connectivity index (χ0) is 12.5. The van der Waals surface area contributed by atoms with Crippen LogP contribution in [0, 0.1) is 13.8 Å². The Kier molecular flexibility index (Phi) is 3.66. The average molecular weight is 265 g/mol. The highest BCUT2D eigenvalue weighted by Gasteiger charge is 2.26. The summed E-state index contributed by atoms with van der Waals surface area (Å²) < 4.78 is 2.34. The van der Waals surface area contributed by atoms with E-state index in [-0.39, 0.29) is 0 Å². The third kappa shape index (κ3) is 2.21. The van der Waals surface area contributed by atoms with Crippen LogP contribution in [-0.2, 0) is 0 Å². The molecule has 0 aromatic carbocycles. The van der Waals surface area contributed by atoms with Crippen molar-refractivity contribution in [1.82, 2.24) is 15.1 Å². The Morgan fingerprint density at radius 1 is 1.22 bits per heavy atom. The minimum atomic E-state index is 0.646. The molecule has 4 heteroatoms. The van der Waals surface area contributed by atoms with Crippen molar-refractivity contribution in [2.24, 2.45) is 0 Å². The quantitative estimate of drug-likeness (QED) is 0.891. The molecule has 0 amide bonds. The number of aromatic nitrogens is 2. The van der Waals surface area contributed by atoms with Crippen LogP contribution in [0.3, 0.4) is 0 Å². The topological polar surface area (TPSA) is 29.9 Å². The van der Waals surface area contributed by atoms with Gasteiger partial charge >= 0.3 is 0 Å². The first-order valence-electron chi connectivity index (χ1n) is 7.11. The predicted octanol–water partition coefficient (Wildman–Crippen LogP) is 2.64. The molecule has 18 heavy (non-hydrogen) atoms. The molecule has 1 unspecified atom stereocenters. The number of hydrogen-bond acceptors (Lipinski definition) is 3. The van der Waals surface area contributed by atoms with E-state index in [9.17, 15) is 0 Å². The van der Waals surface area contributed by atoms with Crippen molar-refractivity contribution in [1.29, 1.82) is 0 Å². The van der Waals surface area contributed by atoms with Crippen molar-refractivity contribution in [2.75, 3.05) is 24.6 Å². The number of hydrogen-bond donors (Lipinski definition) is 1. The molecule has 2 aliphatic heterocycles. The monoisotopic (exact) mass is 265 g/mol. The Bertz CT molecular complexity index is 415. The van der Waals surface area contributed by atoms with E-state index in [2.05, 4.69) is 35.6 Å². The fourth-order valence-corrected chi connectivity index (χ4v) is 4.53. The van der Waals surface area contributed by atoms with Gasteiger partial charge in [0, 0.05) is 23.7 Å². The van der Waals surface area contributed by atoms with Crippen LogP contribution in [0.1, 0.15) is 48.2 Å². The molecular formula is C14H23N3S. The van der Waals surface area contributed by atoms with Crippen LogP contribution in [0.25, 0.3) is 0 Å². The van der Waals surface area contributed by atoms with Gasteiger partial charge in [0.15, 0.2) is 0 Å². The molecule has 0 radical (unpaired) electrons. The summed E-state index contributed by atoms with van der Waals surface area (Å²) in [5.41, 5.74) is 4.22. The number of nitrogens with zero attached hydrogens (tertiary/aromatic N) is 2. The van der Waals surface area contributed by atoms with Crippen LogP contribution >= 0.6 is 11.8 Å². The van der Waals surface area contributed by atoms with Crippen LogP contribution in [-0.4, -0.2) is 34.4 Å². The van der Waals surface area contributed by atoms with Gasteiger partial charge in [-0.25, -0.2) is 0 Å². The summed E-state index contributed by atoms with van der Waals surface area (Å²) in [6.07, 6.45) is 3.85. The van der Waals surface area contributed by atoms with E-state index in [1.54, 1.807) is 0 Å². The van der Waals surface area contributed by atoms with Crippen LogP contribution < -0.4 is 5.32 Å². The molecule has 2 saturated heterocycles. The maximum absolute atomic E-state index is 4.86. The molecule has 0 aliphatic carbocycles. The average Bonchev–Trinajstić information content (AvgIpc) is 2.99. The molecule has 3 heterocycles. The van der Waals surface area contributed by atoms with E-state index in [0.29, 0.717) is 12.0 Å². The van der Waals surface area contributed by atoms with Crippen LogP contribution in [0.15, 0.2) is 0 Å². The number of thioether (sulfide) groups is 1. The van der Waals surface area contributed by atoms with Gasteiger partial charge in [0.2, 0.25) is 0 Å². The molecule has 1 atom stereocenters. The third-order valence-corrected chi connectivity index (χ3v) is 5.43. The zero-order valence-electron chi connectivity index (χ0n) is 11.4. The van der Waals surface area contributed by atoms with E-state index in [4.69, 9.17) is 5.10 Å². The number of rotatable bonds is 2. The largest absolute Gasteiger partial charge is 0.316 e. The lowest BCUT2D eigenvalue weighted by Crippen LogP contribution is -2.18. The highest BCUT2D eigenvalue weighted by molar-refractivity contribution is 7.99. The first-order valence-corrected chi connectivity index (χ1v) is 8.27. The smallest absolute Gasteiger partial charge is 0.0631 e. The first kappa shape index (κ1) is 12.5. The number of nitrogens with one attached hydrogen (secondary N) is 1. The molecule has 3 nitrogen and oxygen atoms in total. The third-order valence-electron chi connectivity index (χ3n) is 4.39. The van der Waals surface area contributed by atoms with E-state index < -0.39 is 0 Å². The van der Waals surface area contributed by atoms with Gasteiger partial charge in [-0.05, 0) is 51.2 Å². The Morgan fingerprint density at radius 3 is 2.67 bits per heavy atom. The molecule has 2 fully saturated rings. The Hall–Kier alpha value is -0.480. The van der Waals surface area contributed by atoms with Crippen LogP contribution in [0.5, 0.6) is 0 Å². The summed E-state index contributed by atoms with van der Waals surface area (Å²) in [6.45, 7) is 6.76. The standard InChI is InChI=1S/C14H23N3S/c1-10-14(12-3-6-15-9-12)11(2)17(16-10)13-4-7-18-8-5-13/h12-13,15H,3-9H2,1-2H3. The van der Waals surface area contributed by atoms with Gasteiger partial charge < -0.3 is 5.32 Å². The van der Waals surface area contributed by atoms with Crippen molar-refractivity contribution in [2.45, 2.75) is 45.1 Å². The van der Waals surface area contributed by atoms with Crippen LogP contribution in [0.4, 0.5) is 0 Å². The Labute approximate surface area is 114 Å². The van der Waals surface area contributed by atoms with Crippen LogP contribution in [0.2, 0.25) is 0 Å². The highest BCUT2D eigenvalue weighted by atomic mass is 32.2. The lowest BCUT2D eigenvalue weighted by molar-refractivity contribution is 0.416.